The lowest BCUT2D eigenvalue weighted by Crippen LogP contribution is -2.08. The second kappa shape index (κ2) is 4.27. The number of pyridine rings is 1. The van der Waals surface area contributed by atoms with E-state index in [-0.39, 0.29) is 5.56 Å². The standard InChI is InChI=1S/C13H11N3OS/c1-14-13-16-11(7-18-13)9-6-8-4-2-3-5-10(8)15-12(9)17/h2-7H,1H3,(H,14,16)(H,15,17). The predicted molar refractivity (Wildman–Crippen MR) is 75.2 cm³/mol. The minimum absolute atomic E-state index is 0.110. The first kappa shape index (κ1) is 11.0. The average Bonchev–Trinajstić information content (AvgIpc) is 2.86. The Kier molecular flexibility index (Phi) is 2.60. The van der Waals surface area contributed by atoms with Crippen molar-refractivity contribution >= 4 is 27.4 Å². The summed E-state index contributed by atoms with van der Waals surface area (Å²) in [6.45, 7) is 0. The van der Waals surface area contributed by atoms with Crippen LogP contribution in [0.1, 0.15) is 0 Å². The van der Waals surface area contributed by atoms with Crippen LogP contribution in [-0.2, 0) is 0 Å². The summed E-state index contributed by atoms with van der Waals surface area (Å²) in [6.07, 6.45) is 0. The van der Waals surface area contributed by atoms with E-state index in [4.69, 9.17) is 0 Å². The fraction of sp³-hybridized carbons (Fsp3) is 0.0769. The molecule has 2 N–H and O–H groups in total. The fourth-order valence-corrected chi connectivity index (χ4v) is 2.52. The lowest BCUT2D eigenvalue weighted by molar-refractivity contribution is 1.28. The lowest BCUT2D eigenvalue weighted by atomic mass is 10.1. The van der Waals surface area contributed by atoms with Crippen molar-refractivity contribution in [2.24, 2.45) is 0 Å². The summed E-state index contributed by atoms with van der Waals surface area (Å²) in [5.74, 6) is 0. The number of hydrogen-bond donors (Lipinski definition) is 2. The molecule has 3 rings (SSSR count). The first-order chi connectivity index (χ1) is 8.78. The van der Waals surface area contributed by atoms with Gasteiger partial charge in [-0.3, -0.25) is 4.79 Å². The summed E-state index contributed by atoms with van der Waals surface area (Å²) in [5.41, 5.74) is 2.04. The monoisotopic (exact) mass is 257 g/mol. The van der Waals surface area contributed by atoms with Crippen LogP contribution in [0.4, 0.5) is 5.13 Å². The highest BCUT2D eigenvalue weighted by Crippen LogP contribution is 2.23. The number of nitrogens with zero attached hydrogens (tertiary/aromatic N) is 1. The number of para-hydroxylation sites is 1. The van der Waals surface area contributed by atoms with Gasteiger partial charge in [-0.05, 0) is 17.5 Å². The van der Waals surface area contributed by atoms with Gasteiger partial charge in [-0.15, -0.1) is 11.3 Å². The van der Waals surface area contributed by atoms with E-state index in [1.54, 1.807) is 0 Å². The molecule has 4 nitrogen and oxygen atoms in total. The van der Waals surface area contributed by atoms with E-state index in [1.165, 1.54) is 11.3 Å². The zero-order valence-electron chi connectivity index (χ0n) is 9.73. The number of aromatic nitrogens is 2. The number of benzene rings is 1. The normalized spacial score (nSPS) is 10.7. The number of nitrogens with one attached hydrogen (secondary N) is 2. The maximum absolute atomic E-state index is 12.0. The largest absolute Gasteiger partial charge is 0.365 e. The van der Waals surface area contributed by atoms with Crippen molar-refractivity contribution in [3.05, 3.63) is 46.1 Å². The fourth-order valence-electron chi connectivity index (χ4n) is 1.85. The molecule has 0 radical (unpaired) electrons. The Hall–Kier alpha value is -2.14. The van der Waals surface area contributed by atoms with Crippen molar-refractivity contribution in [2.75, 3.05) is 12.4 Å². The van der Waals surface area contributed by atoms with Crippen LogP contribution in [0.25, 0.3) is 22.2 Å². The Morgan fingerprint density at radius 1 is 1.33 bits per heavy atom. The van der Waals surface area contributed by atoms with Crippen LogP contribution in [0, 0.1) is 0 Å². The molecule has 3 aromatic rings. The van der Waals surface area contributed by atoms with Crippen molar-refractivity contribution in [3.8, 4) is 11.3 Å². The Balaban J connectivity index is 2.22. The van der Waals surface area contributed by atoms with E-state index in [0.717, 1.165) is 16.0 Å². The first-order valence-corrected chi connectivity index (χ1v) is 6.41. The van der Waals surface area contributed by atoms with Gasteiger partial charge in [0.05, 0.1) is 11.3 Å². The van der Waals surface area contributed by atoms with Gasteiger partial charge >= 0.3 is 0 Å². The molecule has 0 unspecified atom stereocenters. The van der Waals surface area contributed by atoms with Gasteiger partial charge in [0.1, 0.15) is 0 Å². The van der Waals surface area contributed by atoms with Gasteiger partial charge in [-0.1, -0.05) is 18.2 Å². The van der Waals surface area contributed by atoms with Crippen molar-refractivity contribution in [3.63, 3.8) is 0 Å². The topological polar surface area (TPSA) is 57.8 Å². The molecule has 5 heteroatoms. The van der Waals surface area contributed by atoms with E-state index >= 15 is 0 Å². The van der Waals surface area contributed by atoms with E-state index in [1.807, 2.05) is 42.8 Å². The number of hydrogen-bond acceptors (Lipinski definition) is 4. The molecule has 0 fully saturated rings. The second-order valence-corrected chi connectivity index (χ2v) is 4.75. The maximum Gasteiger partial charge on any atom is 0.257 e. The van der Waals surface area contributed by atoms with Gasteiger partial charge in [0.25, 0.3) is 5.56 Å². The number of rotatable bonds is 2. The zero-order valence-corrected chi connectivity index (χ0v) is 10.5. The van der Waals surface area contributed by atoms with Crippen molar-refractivity contribution < 1.29 is 0 Å². The van der Waals surface area contributed by atoms with Crippen LogP contribution < -0.4 is 10.9 Å². The minimum atomic E-state index is -0.110. The van der Waals surface area contributed by atoms with Gasteiger partial charge in [0.2, 0.25) is 0 Å². The summed E-state index contributed by atoms with van der Waals surface area (Å²) < 4.78 is 0. The van der Waals surface area contributed by atoms with Crippen molar-refractivity contribution in [2.45, 2.75) is 0 Å². The average molecular weight is 257 g/mol. The number of thiazole rings is 1. The molecule has 0 aliphatic carbocycles. The first-order valence-electron chi connectivity index (χ1n) is 5.53. The van der Waals surface area contributed by atoms with Crippen molar-refractivity contribution in [1.29, 1.82) is 0 Å². The molecule has 0 amide bonds. The van der Waals surface area contributed by atoms with E-state index in [2.05, 4.69) is 15.3 Å². The summed E-state index contributed by atoms with van der Waals surface area (Å²) in [7, 11) is 1.81. The molecule has 90 valence electrons. The second-order valence-electron chi connectivity index (χ2n) is 3.89. The van der Waals surface area contributed by atoms with Crippen LogP contribution in [0.3, 0.4) is 0 Å². The molecule has 1 aromatic carbocycles. The van der Waals surface area contributed by atoms with Crippen LogP contribution in [0.15, 0.2) is 40.5 Å². The van der Waals surface area contributed by atoms with E-state index in [0.29, 0.717) is 11.3 Å². The van der Waals surface area contributed by atoms with Gasteiger partial charge in [0.15, 0.2) is 5.13 Å². The predicted octanol–water partition coefficient (Wildman–Crippen LogP) is 2.69. The molecule has 0 bridgehead atoms. The van der Waals surface area contributed by atoms with Crippen molar-refractivity contribution in [1.82, 2.24) is 9.97 Å². The third-order valence-corrected chi connectivity index (χ3v) is 3.61. The van der Waals surface area contributed by atoms with Crippen LogP contribution in [-0.4, -0.2) is 17.0 Å². The molecule has 18 heavy (non-hydrogen) atoms. The molecule has 2 aromatic heterocycles. The molecular weight excluding hydrogens is 246 g/mol. The molecule has 0 saturated carbocycles. The summed E-state index contributed by atoms with van der Waals surface area (Å²) in [6, 6.07) is 9.59. The maximum atomic E-state index is 12.0. The van der Waals surface area contributed by atoms with Crippen LogP contribution >= 0.6 is 11.3 Å². The Labute approximate surface area is 107 Å². The highest BCUT2D eigenvalue weighted by molar-refractivity contribution is 7.14. The van der Waals surface area contributed by atoms with Crippen LogP contribution in [0.5, 0.6) is 0 Å². The van der Waals surface area contributed by atoms with Gasteiger partial charge in [-0.25, -0.2) is 4.98 Å². The third-order valence-electron chi connectivity index (χ3n) is 2.75. The molecule has 0 saturated heterocycles. The Bertz CT molecular complexity index is 760. The number of fused-ring (bicyclic) bond motifs is 1. The number of anilines is 1. The quantitative estimate of drug-likeness (QED) is 0.742. The molecule has 2 heterocycles. The van der Waals surface area contributed by atoms with Gasteiger partial charge in [-0.2, -0.15) is 0 Å². The molecule has 0 aliphatic heterocycles. The highest BCUT2D eigenvalue weighted by Gasteiger charge is 2.08. The molecule has 0 spiro atoms. The summed E-state index contributed by atoms with van der Waals surface area (Å²) >= 11 is 1.48. The summed E-state index contributed by atoms with van der Waals surface area (Å²) in [4.78, 5) is 19.2. The SMILES string of the molecule is CNc1nc(-c2cc3ccccc3[nH]c2=O)cs1. The molecule has 0 aliphatic rings. The number of aromatic amines is 1. The molecular formula is C13H11N3OS. The van der Waals surface area contributed by atoms with Gasteiger partial charge < -0.3 is 10.3 Å². The molecule has 0 atom stereocenters. The highest BCUT2D eigenvalue weighted by atomic mass is 32.1. The van der Waals surface area contributed by atoms with E-state index < -0.39 is 0 Å². The Morgan fingerprint density at radius 3 is 2.94 bits per heavy atom. The van der Waals surface area contributed by atoms with Gasteiger partial charge in [0, 0.05) is 17.9 Å². The summed E-state index contributed by atoms with van der Waals surface area (Å²) in [5, 5.41) is 6.66. The lowest BCUT2D eigenvalue weighted by Gasteiger charge is -2.00. The zero-order chi connectivity index (χ0) is 12.5. The van der Waals surface area contributed by atoms with Crippen LogP contribution in [0.2, 0.25) is 0 Å². The Morgan fingerprint density at radius 2 is 2.17 bits per heavy atom. The number of H-pyrrole nitrogens is 1. The third kappa shape index (κ3) is 1.78. The van der Waals surface area contributed by atoms with E-state index in [9.17, 15) is 4.79 Å². The smallest absolute Gasteiger partial charge is 0.257 e. The minimum Gasteiger partial charge on any atom is -0.365 e.